The topological polar surface area (TPSA) is 85.9 Å². The number of benzene rings is 1. The SMILES string of the molecule is O=C(O)c1[nH]c(=O)[nH]c1-c1cc(F)ccc1F. The van der Waals surface area contributed by atoms with Crippen LogP contribution in [0.15, 0.2) is 23.0 Å². The van der Waals surface area contributed by atoms with Gasteiger partial charge in [-0.3, -0.25) is 4.98 Å². The molecule has 2 rings (SSSR count). The second-order valence-corrected chi connectivity index (χ2v) is 3.26. The van der Waals surface area contributed by atoms with Crippen molar-refractivity contribution in [3.63, 3.8) is 0 Å². The third kappa shape index (κ3) is 1.94. The van der Waals surface area contributed by atoms with Gasteiger partial charge >= 0.3 is 11.7 Å². The van der Waals surface area contributed by atoms with Crippen LogP contribution >= 0.6 is 0 Å². The number of hydrogen-bond acceptors (Lipinski definition) is 2. The Balaban J connectivity index is 2.72. The molecule has 0 saturated heterocycles. The summed E-state index contributed by atoms with van der Waals surface area (Å²) in [6.45, 7) is 0. The number of H-pyrrole nitrogens is 2. The van der Waals surface area contributed by atoms with Crippen molar-refractivity contribution in [2.45, 2.75) is 0 Å². The summed E-state index contributed by atoms with van der Waals surface area (Å²) in [5, 5.41) is 8.79. The molecule has 0 spiro atoms. The summed E-state index contributed by atoms with van der Waals surface area (Å²) in [6, 6.07) is 2.55. The van der Waals surface area contributed by atoms with Crippen LogP contribution in [0.1, 0.15) is 10.5 Å². The molecule has 17 heavy (non-hydrogen) atoms. The number of hydrogen-bond donors (Lipinski definition) is 3. The van der Waals surface area contributed by atoms with Crippen LogP contribution < -0.4 is 5.69 Å². The Morgan fingerprint density at radius 2 is 1.94 bits per heavy atom. The molecule has 2 aromatic rings. The molecule has 0 saturated carbocycles. The standard InChI is InChI=1S/C10H6F2N2O3/c11-4-1-2-6(12)5(3-4)7-8(9(15)16)14-10(17)13-7/h1-3H,(H,15,16)(H2,13,14,17). The number of aromatic amines is 2. The summed E-state index contributed by atoms with van der Waals surface area (Å²) in [4.78, 5) is 25.9. The van der Waals surface area contributed by atoms with Crippen molar-refractivity contribution in [2.24, 2.45) is 0 Å². The van der Waals surface area contributed by atoms with Crippen LogP contribution in [-0.4, -0.2) is 21.0 Å². The number of aromatic carboxylic acids is 1. The van der Waals surface area contributed by atoms with E-state index in [0.717, 1.165) is 18.2 Å². The molecule has 0 aliphatic rings. The smallest absolute Gasteiger partial charge is 0.354 e. The van der Waals surface area contributed by atoms with Gasteiger partial charge in [-0.2, -0.15) is 0 Å². The van der Waals surface area contributed by atoms with E-state index in [1.54, 1.807) is 0 Å². The molecule has 0 fully saturated rings. The number of nitrogens with one attached hydrogen (secondary N) is 2. The van der Waals surface area contributed by atoms with E-state index in [-0.39, 0.29) is 11.3 Å². The van der Waals surface area contributed by atoms with E-state index in [4.69, 9.17) is 5.11 Å². The summed E-state index contributed by atoms with van der Waals surface area (Å²) >= 11 is 0. The molecule has 1 aromatic heterocycles. The average Bonchev–Trinajstić information content (AvgIpc) is 2.64. The van der Waals surface area contributed by atoms with Crippen LogP contribution in [0.5, 0.6) is 0 Å². The molecule has 0 aliphatic carbocycles. The third-order valence-electron chi connectivity index (χ3n) is 2.14. The van der Waals surface area contributed by atoms with Gasteiger partial charge in [-0.1, -0.05) is 0 Å². The van der Waals surface area contributed by atoms with Crippen LogP contribution in [0.2, 0.25) is 0 Å². The monoisotopic (exact) mass is 240 g/mol. The first-order valence-corrected chi connectivity index (χ1v) is 4.50. The molecule has 0 bridgehead atoms. The minimum absolute atomic E-state index is 0.292. The fourth-order valence-electron chi connectivity index (χ4n) is 1.43. The van der Waals surface area contributed by atoms with Gasteiger partial charge in [-0.25, -0.2) is 18.4 Å². The van der Waals surface area contributed by atoms with Crippen molar-refractivity contribution in [1.82, 2.24) is 9.97 Å². The molecule has 3 N–H and O–H groups in total. The Hall–Kier alpha value is -2.44. The number of carbonyl (C=O) groups is 1. The fraction of sp³-hybridized carbons (Fsp3) is 0. The fourth-order valence-corrected chi connectivity index (χ4v) is 1.43. The highest BCUT2D eigenvalue weighted by atomic mass is 19.1. The Labute approximate surface area is 92.7 Å². The molecule has 7 heteroatoms. The number of halogens is 2. The van der Waals surface area contributed by atoms with Crippen molar-refractivity contribution in [3.8, 4) is 11.3 Å². The van der Waals surface area contributed by atoms with Gasteiger partial charge in [0, 0.05) is 5.56 Å². The van der Waals surface area contributed by atoms with E-state index < -0.39 is 29.0 Å². The summed E-state index contributed by atoms with van der Waals surface area (Å²) < 4.78 is 26.4. The maximum absolute atomic E-state index is 13.4. The second-order valence-electron chi connectivity index (χ2n) is 3.26. The molecule has 0 atom stereocenters. The van der Waals surface area contributed by atoms with Crippen molar-refractivity contribution >= 4 is 5.97 Å². The summed E-state index contributed by atoms with van der Waals surface area (Å²) in [7, 11) is 0. The van der Waals surface area contributed by atoms with Crippen LogP contribution in [0.4, 0.5) is 8.78 Å². The van der Waals surface area contributed by atoms with Gasteiger partial charge in [-0.05, 0) is 18.2 Å². The number of rotatable bonds is 2. The van der Waals surface area contributed by atoms with Crippen molar-refractivity contribution in [3.05, 3.63) is 46.0 Å². The molecule has 1 heterocycles. The first-order chi connectivity index (χ1) is 7.99. The van der Waals surface area contributed by atoms with Gasteiger partial charge in [0.2, 0.25) is 0 Å². The lowest BCUT2D eigenvalue weighted by atomic mass is 10.1. The molecular formula is C10H6F2N2O3. The quantitative estimate of drug-likeness (QED) is 0.740. The molecular weight excluding hydrogens is 234 g/mol. The molecule has 0 unspecified atom stereocenters. The van der Waals surface area contributed by atoms with E-state index in [1.165, 1.54) is 0 Å². The van der Waals surface area contributed by atoms with E-state index >= 15 is 0 Å². The Bertz CT molecular complexity index is 645. The molecule has 0 aliphatic heterocycles. The minimum atomic E-state index is -1.44. The zero-order valence-corrected chi connectivity index (χ0v) is 8.25. The van der Waals surface area contributed by atoms with Gasteiger partial charge in [-0.15, -0.1) is 0 Å². The van der Waals surface area contributed by atoms with E-state index in [0.29, 0.717) is 0 Å². The molecule has 0 radical (unpaired) electrons. The van der Waals surface area contributed by atoms with Gasteiger partial charge in [0.05, 0.1) is 5.69 Å². The molecule has 5 nitrogen and oxygen atoms in total. The predicted molar refractivity (Wildman–Crippen MR) is 53.7 cm³/mol. The van der Waals surface area contributed by atoms with Crippen LogP contribution in [0.25, 0.3) is 11.3 Å². The predicted octanol–water partition coefficient (Wildman–Crippen LogP) is 1.35. The lowest BCUT2D eigenvalue weighted by molar-refractivity contribution is 0.0692. The molecule has 0 amide bonds. The zero-order valence-electron chi connectivity index (χ0n) is 8.25. The van der Waals surface area contributed by atoms with Gasteiger partial charge in [0.1, 0.15) is 11.6 Å². The molecule has 1 aromatic carbocycles. The normalized spacial score (nSPS) is 10.5. The Kier molecular flexibility index (Phi) is 2.51. The van der Waals surface area contributed by atoms with E-state index in [1.807, 2.05) is 4.98 Å². The van der Waals surface area contributed by atoms with Crippen molar-refractivity contribution < 1.29 is 18.7 Å². The number of carboxylic acids is 1. The van der Waals surface area contributed by atoms with Gasteiger partial charge in [0.25, 0.3) is 0 Å². The third-order valence-corrected chi connectivity index (χ3v) is 2.14. The van der Waals surface area contributed by atoms with Gasteiger partial charge in [0.15, 0.2) is 5.69 Å². The summed E-state index contributed by atoms with van der Waals surface area (Å²) in [5.74, 6) is -3.01. The number of aromatic nitrogens is 2. The lowest BCUT2D eigenvalue weighted by Crippen LogP contribution is -2.04. The first-order valence-electron chi connectivity index (χ1n) is 4.50. The maximum Gasteiger partial charge on any atom is 0.354 e. The van der Waals surface area contributed by atoms with Gasteiger partial charge < -0.3 is 10.1 Å². The summed E-state index contributed by atoms with van der Waals surface area (Å²) in [5.41, 5.74) is -1.93. The highest BCUT2D eigenvalue weighted by Crippen LogP contribution is 2.23. The Morgan fingerprint density at radius 1 is 1.24 bits per heavy atom. The van der Waals surface area contributed by atoms with Crippen molar-refractivity contribution in [1.29, 1.82) is 0 Å². The largest absolute Gasteiger partial charge is 0.477 e. The summed E-state index contributed by atoms with van der Waals surface area (Å²) in [6.07, 6.45) is 0. The lowest BCUT2D eigenvalue weighted by Gasteiger charge is -2.01. The van der Waals surface area contributed by atoms with Crippen molar-refractivity contribution in [2.75, 3.05) is 0 Å². The number of carboxylic acid groups (broad SMARTS) is 1. The van der Waals surface area contributed by atoms with E-state index in [2.05, 4.69) is 4.98 Å². The molecule has 88 valence electrons. The van der Waals surface area contributed by atoms with Crippen LogP contribution in [0.3, 0.4) is 0 Å². The highest BCUT2D eigenvalue weighted by Gasteiger charge is 2.18. The van der Waals surface area contributed by atoms with Crippen LogP contribution in [-0.2, 0) is 0 Å². The Morgan fingerprint density at radius 3 is 2.59 bits per heavy atom. The average molecular weight is 240 g/mol. The zero-order chi connectivity index (χ0) is 12.6. The van der Waals surface area contributed by atoms with Crippen LogP contribution in [0, 0.1) is 11.6 Å². The maximum atomic E-state index is 13.4. The highest BCUT2D eigenvalue weighted by molar-refractivity contribution is 5.92. The van der Waals surface area contributed by atoms with E-state index in [9.17, 15) is 18.4 Å². The second kappa shape index (κ2) is 3.85. The minimum Gasteiger partial charge on any atom is -0.477 e. The first kappa shape index (κ1) is 11.1. The number of imidazole rings is 1.